The highest BCUT2D eigenvalue weighted by Crippen LogP contribution is 2.33. The van der Waals surface area contributed by atoms with Crippen molar-refractivity contribution in [2.45, 2.75) is 53.7 Å². The summed E-state index contributed by atoms with van der Waals surface area (Å²) in [7, 11) is 0. The van der Waals surface area contributed by atoms with Crippen LogP contribution in [0.2, 0.25) is 0 Å². The number of aliphatic hydroxyl groups excluding tert-OH is 1. The van der Waals surface area contributed by atoms with Crippen LogP contribution in [-0.2, 0) is 6.54 Å². The molecule has 0 aliphatic heterocycles. The molecule has 2 N–H and O–H groups in total. The number of fused-ring (bicyclic) bond motifs is 1. The molecule has 2 heterocycles. The summed E-state index contributed by atoms with van der Waals surface area (Å²) in [5, 5.41) is 12.5. The number of H-pyrrole nitrogens is 1. The second-order valence-electron chi connectivity index (χ2n) is 8.43. The van der Waals surface area contributed by atoms with E-state index in [0.717, 1.165) is 34.5 Å². The van der Waals surface area contributed by atoms with E-state index in [4.69, 9.17) is 4.98 Å². The van der Waals surface area contributed by atoms with Crippen LogP contribution in [0.25, 0.3) is 21.3 Å². The van der Waals surface area contributed by atoms with E-state index < -0.39 is 6.10 Å². The molecule has 3 aromatic rings. The maximum Gasteiger partial charge on any atom is 0.260 e. The van der Waals surface area contributed by atoms with Crippen molar-refractivity contribution in [2.24, 2.45) is 5.92 Å². The molecule has 1 unspecified atom stereocenters. The largest absolute Gasteiger partial charge is 0.392 e. The Balaban J connectivity index is 1.93. The van der Waals surface area contributed by atoms with Gasteiger partial charge in [0, 0.05) is 17.5 Å². The molecule has 29 heavy (non-hydrogen) atoms. The standard InChI is InChI=1S/C23H31N3O2S/c1-14(2)8-9-26(11-17(5)27)12-20-24-22(28)21-19(13-29-23(21)25-20)18-7-6-15(3)10-16(18)4/h6-7,10,13-14,17,27H,8-9,11-12H2,1-5H3,(H,24,25,28). The minimum atomic E-state index is -0.421. The summed E-state index contributed by atoms with van der Waals surface area (Å²) in [5.41, 5.74) is 4.30. The van der Waals surface area contributed by atoms with Crippen LogP contribution in [-0.4, -0.2) is 39.2 Å². The molecule has 0 saturated heterocycles. The number of thiophene rings is 1. The first-order valence-corrected chi connectivity index (χ1v) is 11.1. The molecule has 0 amide bonds. The van der Waals surface area contributed by atoms with Gasteiger partial charge in [0.1, 0.15) is 10.7 Å². The van der Waals surface area contributed by atoms with E-state index in [1.165, 1.54) is 16.9 Å². The zero-order valence-corrected chi connectivity index (χ0v) is 18.8. The average Bonchev–Trinajstić information content (AvgIpc) is 3.03. The average molecular weight is 414 g/mol. The van der Waals surface area contributed by atoms with E-state index in [-0.39, 0.29) is 5.56 Å². The van der Waals surface area contributed by atoms with Gasteiger partial charge in [-0.2, -0.15) is 0 Å². The monoisotopic (exact) mass is 413 g/mol. The van der Waals surface area contributed by atoms with Crippen molar-refractivity contribution in [2.75, 3.05) is 13.1 Å². The number of nitrogens with zero attached hydrogens (tertiary/aromatic N) is 2. The minimum Gasteiger partial charge on any atom is -0.392 e. The van der Waals surface area contributed by atoms with Crippen LogP contribution in [0.4, 0.5) is 0 Å². The van der Waals surface area contributed by atoms with Crippen molar-refractivity contribution in [3.05, 3.63) is 50.9 Å². The lowest BCUT2D eigenvalue weighted by Crippen LogP contribution is -2.33. The predicted octanol–water partition coefficient (Wildman–Crippen LogP) is 4.50. The first kappa shape index (κ1) is 21.7. The third-order valence-corrected chi connectivity index (χ3v) is 5.96. The normalized spacial score (nSPS) is 13.0. The molecule has 0 radical (unpaired) electrons. The van der Waals surface area contributed by atoms with Crippen LogP contribution >= 0.6 is 11.3 Å². The predicted molar refractivity (Wildman–Crippen MR) is 122 cm³/mol. The number of aromatic amines is 1. The number of aryl methyl sites for hydroxylation is 2. The lowest BCUT2D eigenvalue weighted by atomic mass is 9.99. The second kappa shape index (κ2) is 9.20. The molecule has 0 aliphatic rings. The zero-order chi connectivity index (χ0) is 21.1. The lowest BCUT2D eigenvalue weighted by molar-refractivity contribution is 0.117. The summed E-state index contributed by atoms with van der Waals surface area (Å²) in [6.07, 6.45) is 0.616. The highest BCUT2D eigenvalue weighted by Gasteiger charge is 2.17. The van der Waals surface area contributed by atoms with Gasteiger partial charge in [0.2, 0.25) is 0 Å². The molecule has 6 heteroatoms. The Morgan fingerprint density at radius 3 is 2.62 bits per heavy atom. The van der Waals surface area contributed by atoms with Crippen LogP contribution in [0.1, 0.15) is 44.1 Å². The molecule has 5 nitrogen and oxygen atoms in total. The molecule has 1 atom stereocenters. The highest BCUT2D eigenvalue weighted by atomic mass is 32.1. The molecule has 0 spiro atoms. The number of benzene rings is 1. The maximum absolute atomic E-state index is 12.9. The lowest BCUT2D eigenvalue weighted by Gasteiger charge is -2.24. The summed E-state index contributed by atoms with van der Waals surface area (Å²) in [4.78, 5) is 23.6. The second-order valence-corrected chi connectivity index (χ2v) is 9.29. The van der Waals surface area contributed by atoms with Crippen molar-refractivity contribution in [3.8, 4) is 11.1 Å². The molecule has 2 aromatic heterocycles. The molecule has 1 aromatic carbocycles. The van der Waals surface area contributed by atoms with Gasteiger partial charge >= 0.3 is 0 Å². The van der Waals surface area contributed by atoms with Crippen molar-refractivity contribution in [1.29, 1.82) is 0 Å². The van der Waals surface area contributed by atoms with Crippen molar-refractivity contribution in [1.82, 2.24) is 14.9 Å². The fraction of sp³-hybridized carbons (Fsp3) is 0.478. The summed E-state index contributed by atoms with van der Waals surface area (Å²) < 4.78 is 0. The van der Waals surface area contributed by atoms with Gasteiger partial charge in [0.25, 0.3) is 5.56 Å². The van der Waals surface area contributed by atoms with Crippen LogP contribution in [0.3, 0.4) is 0 Å². The zero-order valence-electron chi connectivity index (χ0n) is 18.0. The van der Waals surface area contributed by atoms with E-state index >= 15 is 0 Å². The summed E-state index contributed by atoms with van der Waals surface area (Å²) in [6.45, 7) is 12.3. The first-order chi connectivity index (χ1) is 13.7. The molecule has 0 saturated carbocycles. The molecule has 3 rings (SSSR count). The molecular weight excluding hydrogens is 382 g/mol. The summed E-state index contributed by atoms with van der Waals surface area (Å²) >= 11 is 1.51. The van der Waals surface area contributed by atoms with Gasteiger partial charge < -0.3 is 10.1 Å². The smallest absolute Gasteiger partial charge is 0.260 e. The number of nitrogens with one attached hydrogen (secondary N) is 1. The van der Waals surface area contributed by atoms with Gasteiger partial charge in [-0.25, -0.2) is 4.98 Å². The topological polar surface area (TPSA) is 69.2 Å². The van der Waals surface area contributed by atoms with Crippen LogP contribution in [0.15, 0.2) is 28.4 Å². The Bertz CT molecular complexity index is 1040. The first-order valence-electron chi connectivity index (χ1n) is 10.2. The minimum absolute atomic E-state index is 0.0953. The van der Waals surface area contributed by atoms with Gasteiger partial charge in [0.05, 0.1) is 18.0 Å². The number of hydrogen-bond acceptors (Lipinski definition) is 5. The quantitative estimate of drug-likeness (QED) is 0.571. The highest BCUT2D eigenvalue weighted by molar-refractivity contribution is 7.17. The number of hydrogen-bond donors (Lipinski definition) is 2. The fourth-order valence-corrected chi connectivity index (χ4v) is 4.60. The Kier molecular flexibility index (Phi) is 6.88. The van der Waals surface area contributed by atoms with Crippen LogP contribution < -0.4 is 5.56 Å². The maximum atomic E-state index is 12.9. The molecule has 0 aliphatic carbocycles. The summed E-state index contributed by atoms with van der Waals surface area (Å²) in [6, 6.07) is 6.29. The Morgan fingerprint density at radius 2 is 1.97 bits per heavy atom. The number of aliphatic hydroxyl groups is 1. The molecule has 0 bridgehead atoms. The summed E-state index contributed by atoms with van der Waals surface area (Å²) in [5.74, 6) is 1.24. The van der Waals surface area contributed by atoms with Gasteiger partial charge in [-0.15, -0.1) is 11.3 Å². The van der Waals surface area contributed by atoms with Gasteiger partial charge in [-0.3, -0.25) is 9.69 Å². The third kappa shape index (κ3) is 5.32. The van der Waals surface area contributed by atoms with E-state index in [1.54, 1.807) is 6.92 Å². The van der Waals surface area contributed by atoms with Gasteiger partial charge in [-0.05, 0) is 50.8 Å². The Morgan fingerprint density at radius 1 is 1.21 bits per heavy atom. The van der Waals surface area contributed by atoms with Gasteiger partial charge in [-0.1, -0.05) is 37.6 Å². The Hall–Kier alpha value is -2.02. The number of rotatable bonds is 8. The fourth-order valence-electron chi connectivity index (χ4n) is 3.64. The third-order valence-electron chi connectivity index (χ3n) is 5.08. The van der Waals surface area contributed by atoms with Crippen LogP contribution in [0.5, 0.6) is 0 Å². The number of aromatic nitrogens is 2. The van der Waals surface area contributed by atoms with E-state index in [0.29, 0.717) is 30.2 Å². The molecule has 156 valence electrons. The molecule has 0 fully saturated rings. The molecular formula is C23H31N3O2S. The van der Waals surface area contributed by atoms with Crippen molar-refractivity contribution in [3.63, 3.8) is 0 Å². The Labute approximate surface area is 176 Å². The van der Waals surface area contributed by atoms with Crippen LogP contribution in [0, 0.1) is 19.8 Å². The van der Waals surface area contributed by atoms with Gasteiger partial charge in [0.15, 0.2) is 0 Å². The SMILES string of the molecule is Cc1ccc(-c2csc3nc(CN(CCC(C)C)CC(C)O)[nH]c(=O)c23)c(C)c1. The van der Waals surface area contributed by atoms with E-state index in [2.05, 4.69) is 55.8 Å². The van der Waals surface area contributed by atoms with Crippen molar-refractivity contribution < 1.29 is 5.11 Å². The van der Waals surface area contributed by atoms with E-state index in [9.17, 15) is 9.90 Å². The van der Waals surface area contributed by atoms with E-state index in [1.807, 2.05) is 5.38 Å². The van der Waals surface area contributed by atoms with Crippen molar-refractivity contribution >= 4 is 21.6 Å².